The molecule has 0 aliphatic heterocycles. The molecule has 2 rings (SSSR count). The summed E-state index contributed by atoms with van der Waals surface area (Å²) < 4.78 is 5.79. The van der Waals surface area contributed by atoms with Crippen molar-refractivity contribution in [2.45, 2.75) is 32.2 Å². The molecule has 0 bridgehead atoms. The van der Waals surface area contributed by atoms with Gasteiger partial charge in [-0.05, 0) is 37.5 Å². The zero-order chi connectivity index (χ0) is 24.4. The van der Waals surface area contributed by atoms with Crippen molar-refractivity contribution in [2.75, 3.05) is 13.2 Å². The molecule has 0 heterocycles. The number of para-hydroxylation sites is 1. The SMILES string of the molecule is Cc1ccc(C(=O)NC(CCCN=C(N)N)C(N)=O)cc1OCCc1ccccc1[N+](=O)[O-]. The minimum absolute atomic E-state index is 0.0308. The highest BCUT2D eigenvalue weighted by Crippen LogP contribution is 2.22. The summed E-state index contributed by atoms with van der Waals surface area (Å²) in [5.41, 5.74) is 17.6. The molecular formula is C22H28N6O5. The van der Waals surface area contributed by atoms with Crippen LogP contribution in [-0.2, 0) is 11.2 Å². The molecule has 0 aliphatic rings. The van der Waals surface area contributed by atoms with Crippen molar-refractivity contribution in [3.05, 3.63) is 69.3 Å². The van der Waals surface area contributed by atoms with Gasteiger partial charge in [0.2, 0.25) is 5.91 Å². The van der Waals surface area contributed by atoms with Crippen LogP contribution in [0.3, 0.4) is 0 Å². The third-order valence-electron chi connectivity index (χ3n) is 4.86. The summed E-state index contributed by atoms with van der Waals surface area (Å²) in [6.07, 6.45) is 1.06. The van der Waals surface area contributed by atoms with Crippen LogP contribution in [0.2, 0.25) is 0 Å². The van der Waals surface area contributed by atoms with Gasteiger partial charge in [-0.2, -0.15) is 0 Å². The van der Waals surface area contributed by atoms with Crippen LogP contribution in [-0.4, -0.2) is 41.9 Å². The van der Waals surface area contributed by atoms with Crippen molar-refractivity contribution in [1.29, 1.82) is 0 Å². The normalized spacial score (nSPS) is 11.3. The number of nitro benzene ring substituents is 1. The molecule has 33 heavy (non-hydrogen) atoms. The van der Waals surface area contributed by atoms with E-state index in [2.05, 4.69) is 10.3 Å². The maximum atomic E-state index is 12.7. The number of guanidine groups is 1. The van der Waals surface area contributed by atoms with E-state index >= 15 is 0 Å². The summed E-state index contributed by atoms with van der Waals surface area (Å²) in [5.74, 6) is -0.737. The van der Waals surface area contributed by atoms with Gasteiger partial charge >= 0.3 is 0 Å². The number of aliphatic imine (C=N–C) groups is 1. The summed E-state index contributed by atoms with van der Waals surface area (Å²) in [5, 5.41) is 13.8. The Bertz CT molecular complexity index is 1040. The zero-order valence-electron chi connectivity index (χ0n) is 18.3. The highest BCUT2D eigenvalue weighted by atomic mass is 16.6. The molecule has 11 nitrogen and oxygen atoms in total. The van der Waals surface area contributed by atoms with Gasteiger partial charge in [-0.15, -0.1) is 0 Å². The molecule has 0 aromatic heterocycles. The minimum atomic E-state index is -0.879. The number of carbonyl (C=O) groups excluding carboxylic acids is 2. The van der Waals surface area contributed by atoms with Gasteiger partial charge in [-0.3, -0.25) is 24.7 Å². The average Bonchev–Trinajstić information content (AvgIpc) is 2.76. The molecule has 0 saturated heterocycles. The predicted molar refractivity (Wildman–Crippen MR) is 124 cm³/mol. The van der Waals surface area contributed by atoms with Crippen LogP contribution in [0.25, 0.3) is 0 Å². The molecule has 1 atom stereocenters. The van der Waals surface area contributed by atoms with E-state index in [0.29, 0.717) is 30.7 Å². The van der Waals surface area contributed by atoms with Crippen LogP contribution in [0.15, 0.2) is 47.5 Å². The number of hydrogen-bond acceptors (Lipinski definition) is 6. The Morgan fingerprint density at radius 3 is 2.58 bits per heavy atom. The van der Waals surface area contributed by atoms with E-state index in [4.69, 9.17) is 21.9 Å². The molecule has 0 radical (unpaired) electrons. The lowest BCUT2D eigenvalue weighted by Crippen LogP contribution is -2.44. The van der Waals surface area contributed by atoms with Crippen LogP contribution in [0.5, 0.6) is 5.75 Å². The number of rotatable bonds is 12. The maximum Gasteiger partial charge on any atom is 0.272 e. The number of nitrogens with two attached hydrogens (primary N) is 3. The largest absolute Gasteiger partial charge is 0.493 e. The van der Waals surface area contributed by atoms with Crippen LogP contribution >= 0.6 is 0 Å². The van der Waals surface area contributed by atoms with Gasteiger partial charge in [0.05, 0.1) is 11.5 Å². The number of carbonyl (C=O) groups is 2. The molecule has 2 aromatic rings. The smallest absolute Gasteiger partial charge is 0.272 e. The molecular weight excluding hydrogens is 428 g/mol. The first-order valence-electron chi connectivity index (χ1n) is 10.3. The first kappa shape index (κ1) is 25.1. The number of amides is 2. The fourth-order valence-corrected chi connectivity index (χ4v) is 3.10. The second kappa shape index (κ2) is 12.0. The van der Waals surface area contributed by atoms with Crippen LogP contribution in [0.1, 0.15) is 34.3 Å². The molecule has 0 aliphatic carbocycles. The summed E-state index contributed by atoms with van der Waals surface area (Å²) in [6.45, 7) is 2.31. The molecule has 176 valence electrons. The van der Waals surface area contributed by atoms with Gasteiger partial charge in [-0.25, -0.2) is 0 Å². The van der Waals surface area contributed by atoms with E-state index in [0.717, 1.165) is 5.56 Å². The summed E-state index contributed by atoms with van der Waals surface area (Å²) in [7, 11) is 0. The number of aryl methyl sites for hydroxylation is 1. The van der Waals surface area contributed by atoms with Gasteiger partial charge in [0, 0.05) is 30.2 Å². The Morgan fingerprint density at radius 2 is 1.91 bits per heavy atom. The molecule has 2 aromatic carbocycles. The third kappa shape index (κ3) is 7.80. The van der Waals surface area contributed by atoms with E-state index in [1.54, 1.807) is 36.4 Å². The van der Waals surface area contributed by atoms with E-state index in [1.165, 1.54) is 6.07 Å². The molecule has 0 spiro atoms. The number of benzene rings is 2. The lowest BCUT2D eigenvalue weighted by Gasteiger charge is -2.16. The Morgan fingerprint density at radius 1 is 1.18 bits per heavy atom. The molecule has 1 unspecified atom stereocenters. The fourth-order valence-electron chi connectivity index (χ4n) is 3.10. The maximum absolute atomic E-state index is 12.7. The van der Waals surface area contributed by atoms with E-state index in [9.17, 15) is 19.7 Å². The Kier molecular flexibility index (Phi) is 9.16. The molecule has 2 amide bonds. The van der Waals surface area contributed by atoms with Crippen molar-refractivity contribution < 1.29 is 19.2 Å². The van der Waals surface area contributed by atoms with Gasteiger partial charge in [0.25, 0.3) is 11.6 Å². The molecule has 0 saturated carbocycles. The summed E-state index contributed by atoms with van der Waals surface area (Å²) in [6, 6.07) is 10.5. The fraction of sp³-hybridized carbons (Fsp3) is 0.318. The van der Waals surface area contributed by atoms with Crippen LogP contribution in [0.4, 0.5) is 5.69 Å². The second-order valence-electron chi connectivity index (χ2n) is 7.34. The number of hydrogen-bond donors (Lipinski definition) is 4. The zero-order valence-corrected chi connectivity index (χ0v) is 18.3. The van der Waals surface area contributed by atoms with Crippen LogP contribution in [0, 0.1) is 17.0 Å². The molecule has 7 N–H and O–H groups in total. The topological polar surface area (TPSA) is 189 Å². The number of nitrogens with zero attached hydrogens (tertiary/aromatic N) is 2. The quantitative estimate of drug-likeness (QED) is 0.121. The van der Waals surface area contributed by atoms with Crippen molar-refractivity contribution in [3.8, 4) is 5.75 Å². The lowest BCUT2D eigenvalue weighted by atomic mass is 10.1. The van der Waals surface area contributed by atoms with Crippen molar-refractivity contribution in [1.82, 2.24) is 5.32 Å². The number of ether oxygens (including phenoxy) is 1. The summed E-state index contributed by atoms with van der Waals surface area (Å²) >= 11 is 0. The highest BCUT2D eigenvalue weighted by Gasteiger charge is 2.19. The minimum Gasteiger partial charge on any atom is -0.493 e. The average molecular weight is 457 g/mol. The number of nitrogens with one attached hydrogen (secondary N) is 1. The van der Waals surface area contributed by atoms with Gasteiger partial charge in [0.15, 0.2) is 5.96 Å². The number of primary amides is 1. The van der Waals surface area contributed by atoms with E-state index in [-0.39, 0.29) is 30.2 Å². The van der Waals surface area contributed by atoms with E-state index < -0.39 is 22.8 Å². The summed E-state index contributed by atoms with van der Waals surface area (Å²) in [4.78, 5) is 38.9. The Labute approximate surface area is 191 Å². The predicted octanol–water partition coefficient (Wildman–Crippen LogP) is 1.16. The van der Waals surface area contributed by atoms with Crippen molar-refractivity contribution in [2.24, 2.45) is 22.2 Å². The lowest BCUT2D eigenvalue weighted by molar-refractivity contribution is -0.385. The Hall–Kier alpha value is -4.15. The second-order valence-corrected chi connectivity index (χ2v) is 7.34. The van der Waals surface area contributed by atoms with Gasteiger partial charge in [-0.1, -0.05) is 24.3 Å². The standard InChI is InChI=1S/C22H28N6O5/c1-14-8-9-16(21(30)27-17(20(23)29)6-4-11-26-22(24)25)13-19(14)33-12-10-15-5-2-3-7-18(15)28(31)32/h2-3,5,7-9,13,17H,4,6,10-12H2,1H3,(H2,23,29)(H,27,30)(H4,24,25,26). The Balaban J connectivity index is 2.01. The van der Waals surface area contributed by atoms with Gasteiger partial charge < -0.3 is 27.3 Å². The molecule has 0 fully saturated rings. The van der Waals surface area contributed by atoms with Gasteiger partial charge in [0.1, 0.15) is 11.8 Å². The monoisotopic (exact) mass is 456 g/mol. The first-order chi connectivity index (χ1) is 15.7. The van der Waals surface area contributed by atoms with E-state index in [1.807, 2.05) is 6.92 Å². The third-order valence-corrected chi connectivity index (χ3v) is 4.86. The number of nitro groups is 1. The highest BCUT2D eigenvalue weighted by molar-refractivity contribution is 5.97. The molecule has 11 heteroatoms. The van der Waals surface area contributed by atoms with Crippen molar-refractivity contribution in [3.63, 3.8) is 0 Å². The first-order valence-corrected chi connectivity index (χ1v) is 10.3. The van der Waals surface area contributed by atoms with Crippen LogP contribution < -0.4 is 27.3 Å². The van der Waals surface area contributed by atoms with Crippen molar-refractivity contribution >= 4 is 23.5 Å².